The normalized spacial score (nSPS) is 12.4. The van der Waals surface area contributed by atoms with Crippen LogP contribution in [-0.4, -0.2) is 32.9 Å². The van der Waals surface area contributed by atoms with E-state index in [0.29, 0.717) is 11.6 Å². The minimum atomic E-state index is -3.85. The molecule has 0 aliphatic rings. The Morgan fingerprint density at radius 2 is 1.57 bits per heavy atom. The van der Waals surface area contributed by atoms with Crippen molar-refractivity contribution < 1.29 is 22.7 Å². The second kappa shape index (κ2) is 9.48. The lowest BCUT2D eigenvalue weighted by Gasteiger charge is -2.14. The zero-order valence-electron chi connectivity index (χ0n) is 16.0. The van der Waals surface area contributed by atoms with E-state index in [1.165, 1.54) is 19.1 Å². The Labute approximate surface area is 165 Å². The fourth-order valence-corrected chi connectivity index (χ4v) is 3.57. The summed E-state index contributed by atoms with van der Waals surface area (Å²) in [5.41, 5.74) is 1.73. The molecule has 150 valence electrons. The molecule has 0 spiro atoms. The van der Waals surface area contributed by atoms with Gasteiger partial charge in [0.1, 0.15) is 6.04 Å². The molecule has 7 nitrogen and oxygen atoms in total. The van der Waals surface area contributed by atoms with Crippen molar-refractivity contribution in [2.75, 3.05) is 11.9 Å². The highest BCUT2D eigenvalue weighted by Gasteiger charge is 2.23. The van der Waals surface area contributed by atoms with Gasteiger partial charge in [0.15, 0.2) is 6.61 Å². The molecule has 0 saturated carbocycles. The van der Waals surface area contributed by atoms with Crippen LogP contribution in [0, 0.1) is 0 Å². The molecule has 0 bridgehead atoms. The monoisotopic (exact) mass is 404 g/mol. The summed E-state index contributed by atoms with van der Waals surface area (Å²) in [4.78, 5) is 24.0. The molecule has 1 amide bonds. The topological polar surface area (TPSA) is 102 Å². The molecule has 0 heterocycles. The summed E-state index contributed by atoms with van der Waals surface area (Å²) >= 11 is 0. The molecule has 0 aliphatic carbocycles. The second-order valence-electron chi connectivity index (χ2n) is 6.59. The summed E-state index contributed by atoms with van der Waals surface area (Å²) in [7, 11) is -3.85. The predicted octanol–water partition coefficient (Wildman–Crippen LogP) is 2.66. The van der Waals surface area contributed by atoms with Crippen LogP contribution >= 0.6 is 0 Å². The summed E-state index contributed by atoms with van der Waals surface area (Å²) in [6.07, 6.45) is 0. The van der Waals surface area contributed by atoms with Gasteiger partial charge in [0.05, 0.1) is 4.90 Å². The number of benzene rings is 2. The number of rotatable bonds is 8. The maximum atomic E-state index is 12.2. The Hall–Kier alpha value is -2.71. The van der Waals surface area contributed by atoms with E-state index in [0.717, 1.165) is 5.56 Å². The van der Waals surface area contributed by atoms with Gasteiger partial charge in [-0.25, -0.2) is 8.42 Å². The zero-order chi connectivity index (χ0) is 20.7. The zero-order valence-corrected chi connectivity index (χ0v) is 16.8. The van der Waals surface area contributed by atoms with Gasteiger partial charge in [0.2, 0.25) is 10.0 Å². The molecule has 2 aromatic carbocycles. The van der Waals surface area contributed by atoms with Gasteiger partial charge >= 0.3 is 5.97 Å². The number of hydrogen-bond acceptors (Lipinski definition) is 5. The number of ether oxygens (including phenoxy) is 1. The van der Waals surface area contributed by atoms with E-state index in [2.05, 4.69) is 23.9 Å². The Bertz CT molecular complexity index is 909. The van der Waals surface area contributed by atoms with Crippen molar-refractivity contribution in [2.24, 2.45) is 0 Å². The van der Waals surface area contributed by atoms with Gasteiger partial charge in [-0.1, -0.05) is 44.2 Å². The van der Waals surface area contributed by atoms with E-state index in [4.69, 9.17) is 4.74 Å². The molecule has 0 fully saturated rings. The molecule has 2 aromatic rings. The maximum Gasteiger partial charge on any atom is 0.324 e. The molecule has 0 aliphatic heterocycles. The number of anilines is 1. The Balaban J connectivity index is 1.84. The van der Waals surface area contributed by atoms with Gasteiger partial charge < -0.3 is 10.1 Å². The van der Waals surface area contributed by atoms with Gasteiger partial charge in [-0.15, -0.1) is 0 Å². The SMILES string of the molecule is CC(C)c1ccc(NC(=O)COC(=O)[C@H](C)NS(=O)(=O)c2ccccc2)cc1. The van der Waals surface area contributed by atoms with Gasteiger partial charge in [0.25, 0.3) is 5.91 Å². The van der Waals surface area contributed by atoms with Crippen molar-refractivity contribution >= 4 is 27.6 Å². The third-order valence-electron chi connectivity index (χ3n) is 3.95. The highest BCUT2D eigenvalue weighted by atomic mass is 32.2. The summed E-state index contributed by atoms with van der Waals surface area (Å²) in [6.45, 7) is 4.98. The summed E-state index contributed by atoms with van der Waals surface area (Å²) < 4.78 is 31.5. The highest BCUT2D eigenvalue weighted by Crippen LogP contribution is 2.17. The summed E-state index contributed by atoms with van der Waals surface area (Å²) in [6, 6.07) is 13.9. The van der Waals surface area contributed by atoms with Gasteiger partial charge in [-0.05, 0) is 42.7 Å². The van der Waals surface area contributed by atoms with E-state index in [1.54, 1.807) is 30.3 Å². The van der Waals surface area contributed by atoms with Crippen molar-refractivity contribution in [3.05, 3.63) is 60.2 Å². The molecular formula is C20H24N2O5S. The van der Waals surface area contributed by atoms with Crippen molar-refractivity contribution in [3.63, 3.8) is 0 Å². The summed E-state index contributed by atoms with van der Waals surface area (Å²) in [5.74, 6) is -0.972. The lowest BCUT2D eigenvalue weighted by atomic mass is 10.0. The third-order valence-corrected chi connectivity index (χ3v) is 5.50. The molecule has 0 unspecified atom stereocenters. The number of carbonyl (C=O) groups excluding carboxylic acids is 2. The molecule has 28 heavy (non-hydrogen) atoms. The molecular weight excluding hydrogens is 380 g/mol. The molecule has 0 radical (unpaired) electrons. The fraction of sp³-hybridized carbons (Fsp3) is 0.300. The largest absolute Gasteiger partial charge is 0.454 e. The van der Waals surface area contributed by atoms with Gasteiger partial charge in [0, 0.05) is 5.69 Å². The number of sulfonamides is 1. The van der Waals surface area contributed by atoms with Crippen LogP contribution in [0.2, 0.25) is 0 Å². The van der Waals surface area contributed by atoms with Gasteiger partial charge in [-0.2, -0.15) is 4.72 Å². The smallest absolute Gasteiger partial charge is 0.324 e. The van der Waals surface area contributed by atoms with Crippen LogP contribution in [0.1, 0.15) is 32.3 Å². The Kier molecular flexibility index (Phi) is 7.31. The van der Waals surface area contributed by atoms with Crippen LogP contribution in [0.3, 0.4) is 0 Å². The van der Waals surface area contributed by atoms with E-state index in [-0.39, 0.29) is 4.90 Å². The molecule has 2 N–H and O–H groups in total. The quantitative estimate of drug-likeness (QED) is 0.659. The number of nitrogens with one attached hydrogen (secondary N) is 2. The third kappa shape index (κ3) is 6.17. The summed E-state index contributed by atoms with van der Waals surface area (Å²) in [5, 5.41) is 2.62. The van der Waals surface area contributed by atoms with E-state index >= 15 is 0 Å². The van der Waals surface area contributed by atoms with Crippen molar-refractivity contribution in [1.82, 2.24) is 4.72 Å². The standard InChI is InChI=1S/C20H24N2O5S/c1-14(2)16-9-11-17(12-10-16)21-19(23)13-27-20(24)15(3)22-28(25,26)18-7-5-4-6-8-18/h4-12,14-15,22H,13H2,1-3H3,(H,21,23)/t15-/m0/s1. The lowest BCUT2D eigenvalue weighted by Crippen LogP contribution is -2.40. The average molecular weight is 404 g/mol. The van der Waals surface area contributed by atoms with E-state index in [1.807, 2.05) is 12.1 Å². The first-order chi connectivity index (χ1) is 13.2. The van der Waals surface area contributed by atoms with Crippen LogP contribution in [-0.2, 0) is 24.3 Å². The first-order valence-electron chi connectivity index (χ1n) is 8.83. The predicted molar refractivity (Wildman–Crippen MR) is 106 cm³/mol. The Morgan fingerprint density at radius 1 is 0.964 bits per heavy atom. The van der Waals surface area contributed by atoms with Gasteiger partial charge in [-0.3, -0.25) is 9.59 Å². The van der Waals surface area contributed by atoms with E-state index < -0.39 is 34.5 Å². The number of hydrogen-bond donors (Lipinski definition) is 2. The van der Waals surface area contributed by atoms with E-state index in [9.17, 15) is 18.0 Å². The van der Waals surface area contributed by atoms with Crippen molar-refractivity contribution in [2.45, 2.75) is 37.6 Å². The van der Waals surface area contributed by atoms with Crippen LogP contribution in [0.15, 0.2) is 59.5 Å². The average Bonchev–Trinajstić information content (AvgIpc) is 2.67. The van der Waals surface area contributed by atoms with Crippen LogP contribution < -0.4 is 10.0 Å². The first-order valence-corrected chi connectivity index (χ1v) is 10.3. The Morgan fingerprint density at radius 3 is 2.14 bits per heavy atom. The van der Waals surface area contributed by atoms with Crippen molar-refractivity contribution in [1.29, 1.82) is 0 Å². The fourth-order valence-electron chi connectivity index (χ4n) is 2.36. The molecule has 2 rings (SSSR count). The second-order valence-corrected chi connectivity index (χ2v) is 8.30. The van der Waals surface area contributed by atoms with Crippen LogP contribution in [0.5, 0.6) is 0 Å². The maximum absolute atomic E-state index is 12.2. The van der Waals surface area contributed by atoms with Crippen LogP contribution in [0.25, 0.3) is 0 Å². The number of esters is 1. The van der Waals surface area contributed by atoms with Crippen LogP contribution in [0.4, 0.5) is 5.69 Å². The minimum Gasteiger partial charge on any atom is -0.454 e. The van der Waals surface area contributed by atoms with Crippen molar-refractivity contribution in [3.8, 4) is 0 Å². The lowest BCUT2D eigenvalue weighted by molar-refractivity contribution is -0.148. The molecule has 0 aromatic heterocycles. The first kappa shape index (κ1) is 21.6. The molecule has 1 atom stereocenters. The molecule has 8 heteroatoms. The highest BCUT2D eigenvalue weighted by molar-refractivity contribution is 7.89. The number of amides is 1. The number of carbonyl (C=O) groups is 2. The minimum absolute atomic E-state index is 0.0391. The molecule has 0 saturated heterocycles.